The van der Waals surface area contributed by atoms with Gasteiger partial charge in [0.25, 0.3) is 0 Å². The van der Waals surface area contributed by atoms with Crippen LogP contribution in [0.25, 0.3) is 0 Å². The smallest absolute Gasteiger partial charge is 0.328 e. The van der Waals surface area contributed by atoms with Gasteiger partial charge in [-0.2, -0.15) is 0 Å². The predicted molar refractivity (Wildman–Crippen MR) is 128 cm³/mol. The van der Waals surface area contributed by atoms with Gasteiger partial charge in [0, 0.05) is 31.4 Å². The zero-order chi connectivity index (χ0) is 26.8. The molecule has 0 aromatic carbocycles. The highest BCUT2D eigenvalue weighted by molar-refractivity contribution is 5.94. The summed E-state index contributed by atoms with van der Waals surface area (Å²) in [6, 6.07) is -4.45. The van der Waals surface area contributed by atoms with Gasteiger partial charge < -0.3 is 47.9 Å². The Bertz CT molecular complexity index is 932. The number of imidazole rings is 1. The number of aliphatic hydroxyl groups excluding tert-OH is 1. The highest BCUT2D eigenvalue weighted by Crippen LogP contribution is 2.19. The quantitative estimate of drug-likeness (QED) is 0.0748. The van der Waals surface area contributed by atoms with Crippen molar-refractivity contribution < 1.29 is 29.4 Å². The number of nitrogens with one attached hydrogen (secondary N) is 3. The number of aromatic amines is 1. The van der Waals surface area contributed by atoms with Crippen LogP contribution < -0.4 is 27.8 Å². The number of carbonyl (C=O) groups excluding carboxylic acids is 3. The molecule has 5 unspecified atom stereocenters. The number of carbonyl (C=O) groups is 4. The fourth-order valence-corrected chi connectivity index (χ4v) is 3.92. The van der Waals surface area contributed by atoms with E-state index in [-0.39, 0.29) is 25.3 Å². The maximum atomic E-state index is 13.1. The van der Waals surface area contributed by atoms with Crippen LogP contribution in [0.2, 0.25) is 0 Å². The maximum absolute atomic E-state index is 13.1. The van der Waals surface area contributed by atoms with Crippen molar-refractivity contribution in [3.05, 3.63) is 18.2 Å². The first-order valence-corrected chi connectivity index (χ1v) is 11.6. The summed E-state index contributed by atoms with van der Waals surface area (Å²) in [5.74, 6) is -3.33. The molecule has 0 bridgehead atoms. The molecule has 1 aliphatic heterocycles. The molecule has 1 saturated heterocycles. The van der Waals surface area contributed by atoms with Gasteiger partial charge in [0.15, 0.2) is 12.0 Å². The summed E-state index contributed by atoms with van der Waals surface area (Å²) in [7, 11) is 0. The number of aliphatic imine (C=N–C) groups is 1. The lowest BCUT2D eigenvalue weighted by atomic mass is 10.1. The second-order valence-corrected chi connectivity index (χ2v) is 8.65. The molecule has 1 fully saturated rings. The Labute approximate surface area is 207 Å². The maximum Gasteiger partial charge on any atom is 0.328 e. The SMILES string of the molecule is CC(O)C(NC(=O)C(CCCN=C(N)N)NC(=O)C1CCCN1C(=O)C(N)Cc1cnc[nH]1)C(=O)O. The lowest BCUT2D eigenvalue weighted by Gasteiger charge is -2.28. The van der Waals surface area contributed by atoms with E-state index >= 15 is 0 Å². The summed E-state index contributed by atoms with van der Waals surface area (Å²) in [6.45, 7) is 1.73. The van der Waals surface area contributed by atoms with E-state index in [1.54, 1.807) is 6.20 Å². The Kier molecular flexibility index (Phi) is 10.6. The number of nitrogens with two attached hydrogens (primary N) is 3. The van der Waals surface area contributed by atoms with Crippen LogP contribution in [-0.4, -0.2) is 98.1 Å². The normalized spacial score (nSPS) is 18.5. The van der Waals surface area contributed by atoms with Crippen molar-refractivity contribution in [2.45, 2.75) is 69.3 Å². The summed E-state index contributed by atoms with van der Waals surface area (Å²) < 4.78 is 0. The molecule has 1 aromatic rings. The van der Waals surface area contributed by atoms with Gasteiger partial charge in [-0.3, -0.25) is 19.4 Å². The number of amides is 3. The van der Waals surface area contributed by atoms with Crippen molar-refractivity contribution in [3.8, 4) is 0 Å². The molecule has 36 heavy (non-hydrogen) atoms. The first-order valence-electron chi connectivity index (χ1n) is 11.6. The van der Waals surface area contributed by atoms with Crippen LogP contribution >= 0.6 is 0 Å². The molecule has 0 saturated carbocycles. The van der Waals surface area contributed by atoms with Crippen LogP contribution in [0.15, 0.2) is 17.5 Å². The highest BCUT2D eigenvalue weighted by atomic mass is 16.4. The van der Waals surface area contributed by atoms with Crippen LogP contribution in [0.3, 0.4) is 0 Å². The van der Waals surface area contributed by atoms with Crippen molar-refractivity contribution >= 4 is 29.7 Å². The first-order chi connectivity index (χ1) is 17.0. The monoisotopic (exact) mass is 509 g/mol. The number of hydrogen-bond acceptors (Lipinski definition) is 8. The van der Waals surface area contributed by atoms with Gasteiger partial charge in [-0.15, -0.1) is 0 Å². The molecule has 15 nitrogen and oxygen atoms in total. The summed E-state index contributed by atoms with van der Waals surface area (Å²) in [5, 5.41) is 23.8. The van der Waals surface area contributed by atoms with E-state index in [0.717, 1.165) is 0 Å². The van der Waals surface area contributed by atoms with E-state index in [2.05, 4.69) is 25.6 Å². The fourth-order valence-electron chi connectivity index (χ4n) is 3.92. The number of hydrogen-bond donors (Lipinski definition) is 8. The molecule has 2 rings (SSSR count). The van der Waals surface area contributed by atoms with Gasteiger partial charge in [0.05, 0.1) is 18.5 Å². The highest BCUT2D eigenvalue weighted by Gasteiger charge is 2.38. The van der Waals surface area contributed by atoms with Crippen molar-refractivity contribution in [1.82, 2.24) is 25.5 Å². The summed E-state index contributed by atoms with van der Waals surface area (Å²) in [5.41, 5.74) is 17.4. The van der Waals surface area contributed by atoms with Crippen LogP contribution in [-0.2, 0) is 25.6 Å². The number of aliphatic carboxylic acids is 1. The minimum atomic E-state index is -1.57. The minimum Gasteiger partial charge on any atom is -0.480 e. The van der Waals surface area contributed by atoms with E-state index in [1.807, 2.05) is 0 Å². The molecule has 15 heteroatoms. The van der Waals surface area contributed by atoms with Crippen LogP contribution in [0.5, 0.6) is 0 Å². The van der Waals surface area contributed by atoms with Crippen LogP contribution in [0.4, 0.5) is 0 Å². The Morgan fingerprint density at radius 2 is 2.03 bits per heavy atom. The van der Waals surface area contributed by atoms with E-state index in [4.69, 9.17) is 17.2 Å². The molecule has 1 aliphatic rings. The van der Waals surface area contributed by atoms with E-state index < -0.39 is 54.0 Å². The second kappa shape index (κ2) is 13.4. The van der Waals surface area contributed by atoms with E-state index in [0.29, 0.717) is 31.5 Å². The standard InChI is InChI=1S/C21H35N9O6/c1-11(31)16(20(35)36)29-17(32)14(4-2-6-26-21(23)24)28-18(33)15-5-3-7-30(15)19(34)13(22)8-12-9-25-10-27-12/h9-11,13-16,31H,2-8,22H2,1H3,(H,25,27)(H,28,33)(H,29,32)(H,35,36)(H4,23,24,26). The molecule has 0 spiro atoms. The average Bonchev–Trinajstić information content (AvgIpc) is 3.50. The Hall–Kier alpha value is -3.72. The number of aliphatic hydroxyl groups is 1. The molecular weight excluding hydrogens is 474 g/mol. The third-order valence-corrected chi connectivity index (χ3v) is 5.77. The number of guanidine groups is 1. The van der Waals surface area contributed by atoms with E-state index in [9.17, 15) is 29.4 Å². The van der Waals surface area contributed by atoms with Gasteiger partial charge in [0.1, 0.15) is 12.1 Å². The Balaban J connectivity index is 2.10. The first kappa shape index (κ1) is 28.5. The predicted octanol–water partition coefficient (Wildman–Crippen LogP) is -3.24. The zero-order valence-electron chi connectivity index (χ0n) is 20.1. The lowest BCUT2D eigenvalue weighted by Crippen LogP contribution is -2.58. The number of carboxylic acid groups (broad SMARTS) is 1. The summed E-state index contributed by atoms with van der Waals surface area (Å²) in [4.78, 5) is 62.3. The molecule has 200 valence electrons. The van der Waals surface area contributed by atoms with Crippen molar-refractivity contribution in [1.29, 1.82) is 0 Å². The third-order valence-electron chi connectivity index (χ3n) is 5.77. The van der Waals surface area contributed by atoms with Gasteiger partial charge in [0.2, 0.25) is 17.7 Å². The lowest BCUT2D eigenvalue weighted by molar-refractivity contribution is -0.145. The topological polar surface area (TPSA) is 255 Å². The van der Waals surface area contributed by atoms with E-state index in [1.165, 1.54) is 18.2 Å². The van der Waals surface area contributed by atoms with Gasteiger partial charge in [-0.05, 0) is 32.6 Å². The molecule has 11 N–H and O–H groups in total. The third kappa shape index (κ3) is 8.20. The van der Waals surface area contributed by atoms with Crippen LogP contribution in [0, 0.1) is 0 Å². The van der Waals surface area contributed by atoms with Gasteiger partial charge >= 0.3 is 5.97 Å². The Morgan fingerprint density at radius 1 is 1.31 bits per heavy atom. The van der Waals surface area contributed by atoms with Crippen molar-refractivity contribution in [2.75, 3.05) is 13.1 Å². The molecule has 0 radical (unpaired) electrons. The number of likely N-dealkylation sites (tertiary alicyclic amines) is 1. The molecule has 5 atom stereocenters. The number of aromatic nitrogens is 2. The summed E-state index contributed by atoms with van der Waals surface area (Å²) in [6.07, 6.45) is 3.21. The van der Waals surface area contributed by atoms with Crippen molar-refractivity contribution in [3.63, 3.8) is 0 Å². The van der Waals surface area contributed by atoms with Gasteiger partial charge in [-0.25, -0.2) is 9.78 Å². The molecular formula is C21H35N9O6. The number of nitrogens with zero attached hydrogens (tertiary/aromatic N) is 3. The van der Waals surface area contributed by atoms with Gasteiger partial charge in [-0.1, -0.05) is 0 Å². The molecule has 1 aromatic heterocycles. The summed E-state index contributed by atoms with van der Waals surface area (Å²) >= 11 is 0. The largest absolute Gasteiger partial charge is 0.480 e. The number of carboxylic acids is 1. The molecule has 0 aliphatic carbocycles. The van der Waals surface area contributed by atoms with Crippen LogP contribution in [0.1, 0.15) is 38.3 Å². The molecule has 3 amide bonds. The fraction of sp³-hybridized carbons (Fsp3) is 0.619. The number of H-pyrrole nitrogens is 1. The Morgan fingerprint density at radius 3 is 2.61 bits per heavy atom. The van der Waals surface area contributed by atoms with Crippen molar-refractivity contribution in [2.24, 2.45) is 22.2 Å². The number of rotatable bonds is 13. The molecule has 2 heterocycles. The average molecular weight is 510 g/mol. The minimum absolute atomic E-state index is 0.0838. The second-order valence-electron chi connectivity index (χ2n) is 8.65. The zero-order valence-corrected chi connectivity index (χ0v) is 20.1.